The summed E-state index contributed by atoms with van der Waals surface area (Å²) in [4.78, 5) is 8.37. The normalized spacial score (nSPS) is 13.3. The van der Waals surface area contributed by atoms with E-state index < -0.39 is 24.5 Å². The molecular weight excluding hydrogens is 462 g/mol. The summed E-state index contributed by atoms with van der Waals surface area (Å²) in [6.45, 7) is -0.192. The fraction of sp³-hybridized carbons (Fsp3) is 0.250. The van der Waals surface area contributed by atoms with E-state index in [0.717, 1.165) is 11.6 Å². The summed E-state index contributed by atoms with van der Waals surface area (Å²) in [5, 5.41) is 15.2. The van der Waals surface area contributed by atoms with Gasteiger partial charge in [-0.2, -0.15) is 31.4 Å². The quantitative estimate of drug-likeness (QED) is 0.316. The lowest BCUT2D eigenvalue weighted by atomic mass is 9.98. The Balaban J connectivity index is 1.85. The molecule has 3 aromatic heterocycles. The van der Waals surface area contributed by atoms with Gasteiger partial charge in [0.2, 0.25) is 0 Å². The number of halogens is 7. The highest BCUT2D eigenvalue weighted by molar-refractivity contribution is 6.30. The van der Waals surface area contributed by atoms with Crippen molar-refractivity contribution in [3.63, 3.8) is 0 Å². The summed E-state index contributed by atoms with van der Waals surface area (Å²) in [5.74, 6) is 0. The van der Waals surface area contributed by atoms with Crippen LogP contribution >= 0.6 is 11.6 Å². The zero-order valence-electron chi connectivity index (χ0n) is 16.1. The fourth-order valence-electron chi connectivity index (χ4n) is 3.49. The Bertz CT molecular complexity index is 1320. The Kier molecular flexibility index (Phi) is 5.09. The van der Waals surface area contributed by atoms with Crippen LogP contribution in [0.3, 0.4) is 0 Å². The molecule has 3 heterocycles. The SMILES string of the molecule is Cc1c(-c2nccc3cnc(Cl)cc23)ccc2c1cnn2CC(O)(C(F)(F)F)C(F)(F)F. The van der Waals surface area contributed by atoms with Crippen LogP contribution < -0.4 is 0 Å². The number of pyridine rings is 2. The van der Waals surface area contributed by atoms with Gasteiger partial charge in [-0.15, -0.1) is 0 Å². The number of hydrogen-bond donors (Lipinski definition) is 1. The Morgan fingerprint density at radius 2 is 1.66 bits per heavy atom. The molecule has 0 bridgehead atoms. The Hall–Kier alpha value is -2.92. The molecule has 4 aromatic rings. The maximum atomic E-state index is 13.1. The molecule has 0 unspecified atom stereocenters. The van der Waals surface area contributed by atoms with Gasteiger partial charge in [-0.1, -0.05) is 17.7 Å². The molecule has 32 heavy (non-hydrogen) atoms. The number of fused-ring (bicyclic) bond motifs is 2. The minimum Gasteiger partial charge on any atom is -0.372 e. The number of alkyl halides is 6. The molecule has 0 fully saturated rings. The van der Waals surface area contributed by atoms with Gasteiger partial charge in [-0.25, -0.2) is 4.98 Å². The molecule has 5 nitrogen and oxygen atoms in total. The lowest BCUT2D eigenvalue weighted by Crippen LogP contribution is -2.59. The lowest BCUT2D eigenvalue weighted by molar-refractivity contribution is -0.372. The number of nitrogens with zero attached hydrogens (tertiary/aromatic N) is 4. The molecule has 0 spiro atoms. The minimum absolute atomic E-state index is 0.00175. The number of benzene rings is 1. The van der Waals surface area contributed by atoms with Crippen molar-refractivity contribution in [2.45, 2.75) is 31.4 Å². The third-order valence-electron chi connectivity index (χ3n) is 5.28. The molecule has 4 rings (SSSR count). The van der Waals surface area contributed by atoms with Crippen molar-refractivity contribution in [1.82, 2.24) is 19.7 Å². The first-order valence-corrected chi connectivity index (χ1v) is 9.43. The van der Waals surface area contributed by atoms with E-state index in [2.05, 4.69) is 15.1 Å². The topological polar surface area (TPSA) is 63.8 Å². The van der Waals surface area contributed by atoms with Gasteiger partial charge in [-0.05, 0) is 30.7 Å². The monoisotopic (exact) mass is 474 g/mol. The van der Waals surface area contributed by atoms with Crippen LogP contribution in [0.1, 0.15) is 5.56 Å². The molecule has 0 aliphatic carbocycles. The summed E-state index contributed by atoms with van der Waals surface area (Å²) in [6, 6.07) is 6.19. The van der Waals surface area contributed by atoms with Crippen LogP contribution in [0.4, 0.5) is 26.3 Å². The average molecular weight is 475 g/mol. The first-order chi connectivity index (χ1) is 14.8. The van der Waals surface area contributed by atoms with Crippen molar-refractivity contribution in [3.8, 4) is 11.3 Å². The van der Waals surface area contributed by atoms with E-state index in [1.54, 1.807) is 31.5 Å². The maximum absolute atomic E-state index is 13.1. The van der Waals surface area contributed by atoms with Gasteiger partial charge in [-0.3, -0.25) is 9.67 Å². The number of aliphatic hydroxyl groups is 1. The second kappa shape index (κ2) is 7.31. The number of hydrogen-bond acceptors (Lipinski definition) is 4. The maximum Gasteiger partial charge on any atom is 0.428 e. The largest absolute Gasteiger partial charge is 0.428 e. The summed E-state index contributed by atoms with van der Waals surface area (Å²) in [5.41, 5.74) is -3.32. The van der Waals surface area contributed by atoms with E-state index in [1.807, 2.05) is 0 Å². The molecule has 0 saturated heterocycles. The molecule has 0 atom stereocenters. The molecule has 0 aliphatic rings. The number of aryl methyl sites for hydroxylation is 1. The van der Waals surface area contributed by atoms with Crippen LogP contribution in [0, 0.1) is 6.92 Å². The third-order valence-corrected chi connectivity index (χ3v) is 5.49. The van der Waals surface area contributed by atoms with E-state index >= 15 is 0 Å². The van der Waals surface area contributed by atoms with Crippen LogP contribution in [0.5, 0.6) is 0 Å². The molecule has 0 amide bonds. The van der Waals surface area contributed by atoms with Crippen molar-refractivity contribution in [3.05, 3.63) is 53.6 Å². The third kappa shape index (κ3) is 3.45. The standard InChI is InChI=1S/C20H13ClF6N4O/c1-10-12(17-13-6-16(21)29-7-11(13)4-5-28-17)2-3-15-14(10)8-30-31(15)9-18(32,19(22,23)24)20(25,26)27/h2-8,32H,9H2,1H3. The summed E-state index contributed by atoms with van der Waals surface area (Å²) >= 11 is 5.99. The first-order valence-electron chi connectivity index (χ1n) is 9.05. The summed E-state index contributed by atoms with van der Waals surface area (Å²) < 4.78 is 79.1. The predicted molar refractivity (Wildman–Crippen MR) is 105 cm³/mol. The average Bonchev–Trinajstić information content (AvgIpc) is 3.10. The molecule has 1 N–H and O–H groups in total. The summed E-state index contributed by atoms with van der Waals surface area (Å²) in [6.07, 6.45) is -7.63. The second-order valence-electron chi connectivity index (χ2n) is 7.22. The zero-order chi connectivity index (χ0) is 23.5. The number of aromatic nitrogens is 4. The van der Waals surface area contributed by atoms with Gasteiger partial charge in [0.1, 0.15) is 5.15 Å². The smallest absolute Gasteiger partial charge is 0.372 e. The van der Waals surface area contributed by atoms with Crippen LogP contribution in [-0.4, -0.2) is 42.8 Å². The lowest BCUT2D eigenvalue weighted by Gasteiger charge is -2.32. The van der Waals surface area contributed by atoms with Gasteiger partial charge in [0.05, 0.1) is 24.0 Å². The van der Waals surface area contributed by atoms with Crippen molar-refractivity contribution >= 4 is 33.3 Å². The Morgan fingerprint density at radius 1 is 0.969 bits per heavy atom. The van der Waals surface area contributed by atoms with E-state index in [0.29, 0.717) is 32.3 Å². The van der Waals surface area contributed by atoms with E-state index in [4.69, 9.17) is 11.6 Å². The molecule has 0 aliphatic heterocycles. The Labute approximate surface area is 181 Å². The van der Waals surface area contributed by atoms with E-state index in [-0.39, 0.29) is 10.7 Å². The molecule has 0 radical (unpaired) electrons. The van der Waals surface area contributed by atoms with Crippen LogP contribution in [-0.2, 0) is 6.54 Å². The molecule has 1 aromatic carbocycles. The van der Waals surface area contributed by atoms with Crippen molar-refractivity contribution in [2.75, 3.05) is 0 Å². The van der Waals surface area contributed by atoms with Gasteiger partial charge in [0.25, 0.3) is 5.60 Å². The first kappa shape index (κ1) is 22.3. The molecule has 0 saturated carbocycles. The van der Waals surface area contributed by atoms with E-state index in [9.17, 15) is 31.4 Å². The van der Waals surface area contributed by atoms with Crippen LogP contribution in [0.2, 0.25) is 5.15 Å². The minimum atomic E-state index is -5.95. The highest BCUT2D eigenvalue weighted by Crippen LogP contribution is 2.44. The molecular formula is C20H13ClF6N4O. The molecule has 12 heteroatoms. The zero-order valence-corrected chi connectivity index (χ0v) is 16.9. The highest BCUT2D eigenvalue weighted by Gasteiger charge is 2.70. The van der Waals surface area contributed by atoms with Crippen molar-refractivity contribution < 1.29 is 31.4 Å². The highest BCUT2D eigenvalue weighted by atomic mass is 35.5. The fourth-order valence-corrected chi connectivity index (χ4v) is 3.64. The van der Waals surface area contributed by atoms with Gasteiger partial charge in [0, 0.05) is 34.1 Å². The molecule has 168 valence electrons. The van der Waals surface area contributed by atoms with E-state index in [1.165, 1.54) is 12.1 Å². The van der Waals surface area contributed by atoms with Crippen LogP contribution in [0.15, 0.2) is 42.9 Å². The van der Waals surface area contributed by atoms with Gasteiger partial charge >= 0.3 is 12.4 Å². The summed E-state index contributed by atoms with van der Waals surface area (Å²) in [7, 11) is 0. The Morgan fingerprint density at radius 3 is 2.31 bits per heavy atom. The van der Waals surface area contributed by atoms with Gasteiger partial charge < -0.3 is 5.11 Å². The predicted octanol–water partition coefficient (Wildman–Crippen LogP) is 5.46. The number of rotatable bonds is 3. The van der Waals surface area contributed by atoms with Gasteiger partial charge in [0.15, 0.2) is 0 Å². The van der Waals surface area contributed by atoms with Crippen molar-refractivity contribution in [2.24, 2.45) is 0 Å². The second-order valence-corrected chi connectivity index (χ2v) is 7.60. The van der Waals surface area contributed by atoms with Crippen LogP contribution in [0.25, 0.3) is 32.9 Å². The van der Waals surface area contributed by atoms with Crippen molar-refractivity contribution in [1.29, 1.82) is 0 Å².